The van der Waals surface area contributed by atoms with Crippen LogP contribution in [0.1, 0.15) is 39.3 Å². The van der Waals surface area contributed by atoms with Gasteiger partial charge in [-0.1, -0.05) is 38.8 Å². The highest BCUT2D eigenvalue weighted by atomic mass is 15.4. The molecule has 0 radical (unpaired) electrons. The Morgan fingerprint density at radius 3 is 2.61 bits per heavy atom. The molecule has 5 nitrogen and oxygen atoms in total. The lowest BCUT2D eigenvalue weighted by molar-refractivity contribution is 0.224. The van der Waals surface area contributed by atoms with Gasteiger partial charge in [-0.2, -0.15) is 0 Å². The van der Waals surface area contributed by atoms with Crippen molar-refractivity contribution in [2.75, 3.05) is 19.6 Å². The summed E-state index contributed by atoms with van der Waals surface area (Å²) in [6.45, 7) is 11.2. The molecule has 5 heteroatoms. The van der Waals surface area contributed by atoms with Crippen LogP contribution in [-0.2, 0) is 13.1 Å². The van der Waals surface area contributed by atoms with Gasteiger partial charge in [-0.3, -0.25) is 9.58 Å². The van der Waals surface area contributed by atoms with Crippen molar-refractivity contribution in [1.82, 2.24) is 19.9 Å². The van der Waals surface area contributed by atoms with Crippen LogP contribution in [0.4, 0.5) is 0 Å². The van der Waals surface area contributed by atoms with Crippen molar-refractivity contribution in [2.24, 2.45) is 11.7 Å². The Kier molecular flexibility index (Phi) is 6.90. The minimum atomic E-state index is 0.605. The summed E-state index contributed by atoms with van der Waals surface area (Å²) in [7, 11) is 0. The molecule has 1 aromatic rings. The monoisotopic (exact) mass is 253 g/mol. The first-order chi connectivity index (χ1) is 8.73. The van der Waals surface area contributed by atoms with E-state index in [9.17, 15) is 0 Å². The fourth-order valence-electron chi connectivity index (χ4n) is 2.10. The molecule has 18 heavy (non-hydrogen) atoms. The molecule has 2 N–H and O–H groups in total. The van der Waals surface area contributed by atoms with E-state index in [2.05, 4.69) is 36.0 Å². The molecule has 0 spiro atoms. The first-order valence-corrected chi connectivity index (χ1v) is 7.04. The van der Waals surface area contributed by atoms with E-state index in [1.54, 1.807) is 0 Å². The van der Waals surface area contributed by atoms with E-state index in [0.29, 0.717) is 6.54 Å². The van der Waals surface area contributed by atoms with Crippen LogP contribution in [0.5, 0.6) is 0 Å². The second-order valence-electron chi connectivity index (χ2n) is 4.77. The maximum absolute atomic E-state index is 5.50. The van der Waals surface area contributed by atoms with Gasteiger partial charge in [0.05, 0.1) is 12.2 Å². The smallest absolute Gasteiger partial charge is 0.0967 e. The summed E-state index contributed by atoms with van der Waals surface area (Å²) in [5.41, 5.74) is 6.54. The number of hydrogen-bond acceptors (Lipinski definition) is 4. The maximum Gasteiger partial charge on any atom is 0.0967 e. The quantitative estimate of drug-likeness (QED) is 0.724. The summed E-state index contributed by atoms with van der Waals surface area (Å²) in [4.78, 5) is 2.44. The van der Waals surface area contributed by atoms with Gasteiger partial charge in [0.15, 0.2) is 0 Å². The molecular weight excluding hydrogens is 226 g/mol. The predicted molar refractivity (Wildman–Crippen MR) is 74.1 cm³/mol. The Hall–Kier alpha value is -0.940. The molecule has 0 aliphatic carbocycles. The molecule has 0 bridgehead atoms. The lowest BCUT2D eigenvalue weighted by Crippen LogP contribution is -2.28. The second-order valence-corrected chi connectivity index (χ2v) is 4.77. The first kappa shape index (κ1) is 15.1. The van der Waals surface area contributed by atoms with Crippen molar-refractivity contribution in [3.63, 3.8) is 0 Å². The van der Waals surface area contributed by atoms with Crippen LogP contribution in [-0.4, -0.2) is 39.5 Å². The fraction of sp³-hybridized carbons (Fsp3) is 0.846. The lowest BCUT2D eigenvalue weighted by Gasteiger charge is -2.24. The average molecular weight is 253 g/mol. The van der Waals surface area contributed by atoms with Crippen molar-refractivity contribution in [3.05, 3.63) is 11.9 Å². The molecule has 0 amide bonds. The number of nitrogens with two attached hydrogens (primary N) is 1. The minimum absolute atomic E-state index is 0.605. The molecule has 0 aliphatic heterocycles. The number of nitrogens with zero attached hydrogens (tertiary/aromatic N) is 4. The third-order valence-electron chi connectivity index (χ3n) is 3.45. The molecule has 1 heterocycles. The highest BCUT2D eigenvalue weighted by Crippen LogP contribution is 2.11. The van der Waals surface area contributed by atoms with E-state index >= 15 is 0 Å². The zero-order chi connectivity index (χ0) is 13.4. The molecule has 1 aromatic heterocycles. The SMILES string of the molecule is CCC(CC)CN(CC)Cc1cn(CCN)nn1. The molecule has 0 aromatic carbocycles. The summed E-state index contributed by atoms with van der Waals surface area (Å²) < 4.78 is 1.82. The summed E-state index contributed by atoms with van der Waals surface area (Å²) >= 11 is 0. The summed E-state index contributed by atoms with van der Waals surface area (Å²) in [6.07, 6.45) is 4.49. The van der Waals surface area contributed by atoms with Gasteiger partial charge < -0.3 is 5.73 Å². The standard InChI is InChI=1S/C13H27N5/c1-4-12(5-2)9-17(6-3)10-13-11-18(8-7-14)16-15-13/h11-12H,4-10,14H2,1-3H3. The van der Waals surface area contributed by atoms with Crippen LogP contribution in [0.2, 0.25) is 0 Å². The largest absolute Gasteiger partial charge is 0.329 e. The second kappa shape index (κ2) is 8.21. The van der Waals surface area contributed by atoms with Gasteiger partial charge >= 0.3 is 0 Å². The molecule has 104 valence electrons. The normalized spacial score (nSPS) is 11.7. The Balaban J connectivity index is 2.50. The van der Waals surface area contributed by atoms with E-state index in [1.807, 2.05) is 10.9 Å². The van der Waals surface area contributed by atoms with Crippen molar-refractivity contribution < 1.29 is 0 Å². The Bertz CT molecular complexity index is 319. The zero-order valence-corrected chi connectivity index (χ0v) is 12.0. The van der Waals surface area contributed by atoms with Gasteiger partial charge in [0.2, 0.25) is 0 Å². The maximum atomic E-state index is 5.50. The third kappa shape index (κ3) is 4.74. The average Bonchev–Trinajstić information content (AvgIpc) is 2.82. The molecular formula is C13H27N5. The van der Waals surface area contributed by atoms with E-state index < -0.39 is 0 Å². The molecule has 0 saturated carbocycles. The van der Waals surface area contributed by atoms with Crippen molar-refractivity contribution >= 4 is 0 Å². The van der Waals surface area contributed by atoms with E-state index in [0.717, 1.165) is 37.8 Å². The van der Waals surface area contributed by atoms with Crippen molar-refractivity contribution in [2.45, 2.75) is 46.7 Å². The van der Waals surface area contributed by atoms with Crippen LogP contribution < -0.4 is 5.73 Å². The first-order valence-electron chi connectivity index (χ1n) is 7.04. The van der Waals surface area contributed by atoms with Crippen LogP contribution in [0.15, 0.2) is 6.20 Å². The number of rotatable bonds is 9. The van der Waals surface area contributed by atoms with E-state index in [1.165, 1.54) is 12.8 Å². The topological polar surface area (TPSA) is 60.0 Å². The van der Waals surface area contributed by atoms with Gasteiger partial charge in [-0.25, -0.2) is 0 Å². The molecule has 0 saturated heterocycles. The lowest BCUT2D eigenvalue weighted by atomic mass is 10.0. The Morgan fingerprint density at radius 2 is 2.06 bits per heavy atom. The zero-order valence-electron chi connectivity index (χ0n) is 12.0. The predicted octanol–water partition coefficient (Wildman–Crippen LogP) is 1.49. The highest BCUT2D eigenvalue weighted by molar-refractivity contribution is 4.92. The van der Waals surface area contributed by atoms with Gasteiger partial charge in [-0.05, 0) is 12.5 Å². The Labute approximate surface area is 110 Å². The summed E-state index contributed by atoms with van der Waals surface area (Å²) in [5, 5.41) is 8.27. The number of hydrogen-bond donors (Lipinski definition) is 1. The third-order valence-corrected chi connectivity index (χ3v) is 3.45. The Morgan fingerprint density at radius 1 is 1.33 bits per heavy atom. The number of aromatic nitrogens is 3. The van der Waals surface area contributed by atoms with Crippen LogP contribution in [0.3, 0.4) is 0 Å². The molecule has 0 unspecified atom stereocenters. The van der Waals surface area contributed by atoms with Crippen molar-refractivity contribution in [3.8, 4) is 0 Å². The van der Waals surface area contributed by atoms with Gasteiger partial charge in [-0.15, -0.1) is 5.10 Å². The summed E-state index contributed by atoms with van der Waals surface area (Å²) in [5.74, 6) is 0.782. The van der Waals surface area contributed by atoms with Gasteiger partial charge in [0.25, 0.3) is 0 Å². The van der Waals surface area contributed by atoms with Crippen LogP contribution in [0, 0.1) is 5.92 Å². The highest BCUT2D eigenvalue weighted by Gasteiger charge is 2.12. The minimum Gasteiger partial charge on any atom is -0.329 e. The van der Waals surface area contributed by atoms with E-state index in [4.69, 9.17) is 5.73 Å². The molecule has 0 fully saturated rings. The van der Waals surface area contributed by atoms with Crippen LogP contribution >= 0.6 is 0 Å². The van der Waals surface area contributed by atoms with Gasteiger partial charge in [0.1, 0.15) is 0 Å². The van der Waals surface area contributed by atoms with Crippen LogP contribution in [0.25, 0.3) is 0 Å². The summed E-state index contributed by atoms with van der Waals surface area (Å²) in [6, 6.07) is 0. The van der Waals surface area contributed by atoms with Crippen molar-refractivity contribution in [1.29, 1.82) is 0 Å². The van der Waals surface area contributed by atoms with E-state index in [-0.39, 0.29) is 0 Å². The fourth-order valence-corrected chi connectivity index (χ4v) is 2.10. The molecule has 1 rings (SSSR count). The molecule has 0 atom stereocenters. The van der Waals surface area contributed by atoms with Gasteiger partial charge in [0, 0.05) is 25.8 Å². The molecule has 0 aliphatic rings.